The molecule has 2 unspecified atom stereocenters. The molecule has 5 nitrogen and oxygen atoms in total. The molecule has 1 spiro atoms. The highest BCUT2D eigenvalue weighted by atomic mass is 35.5. The Morgan fingerprint density at radius 3 is 3.00 bits per heavy atom. The van der Waals surface area contributed by atoms with Crippen LogP contribution in [0.5, 0.6) is 0 Å². The van der Waals surface area contributed by atoms with Crippen molar-refractivity contribution in [1.29, 1.82) is 0 Å². The van der Waals surface area contributed by atoms with Gasteiger partial charge in [0, 0.05) is 18.1 Å². The third-order valence-corrected chi connectivity index (χ3v) is 5.72. The van der Waals surface area contributed by atoms with Crippen LogP contribution in [-0.2, 0) is 20.9 Å². The summed E-state index contributed by atoms with van der Waals surface area (Å²) in [7, 11) is 0. The number of fused-ring (bicyclic) bond motifs is 1. The number of carbonyl (C=O) groups excluding carboxylic acids is 2. The van der Waals surface area contributed by atoms with E-state index in [0.717, 1.165) is 12.0 Å². The molecule has 0 aliphatic carbocycles. The van der Waals surface area contributed by atoms with Crippen LogP contribution in [0.15, 0.2) is 36.4 Å². The number of hydrogen-bond acceptors (Lipinski definition) is 3. The molecule has 3 aliphatic rings. The van der Waals surface area contributed by atoms with E-state index in [1.807, 2.05) is 43.3 Å². The number of halogens is 1. The molecule has 3 heterocycles. The molecule has 4 rings (SSSR count). The first-order valence-corrected chi connectivity index (χ1v) is 9.10. The Bertz CT molecular complexity index is 750. The van der Waals surface area contributed by atoms with E-state index in [9.17, 15) is 9.59 Å². The number of rotatable bonds is 5. The molecule has 6 heteroatoms. The van der Waals surface area contributed by atoms with E-state index >= 15 is 0 Å². The van der Waals surface area contributed by atoms with Gasteiger partial charge in [0.15, 0.2) is 0 Å². The Balaban J connectivity index is 1.57. The highest BCUT2D eigenvalue weighted by Crippen LogP contribution is 2.52. The summed E-state index contributed by atoms with van der Waals surface area (Å²) >= 11 is 6.24. The number of nitrogens with one attached hydrogen (secondary N) is 1. The average molecular weight is 361 g/mol. The van der Waals surface area contributed by atoms with Crippen molar-refractivity contribution in [3.63, 3.8) is 0 Å². The molecule has 0 aromatic heterocycles. The van der Waals surface area contributed by atoms with Gasteiger partial charge in [-0.3, -0.25) is 9.59 Å². The van der Waals surface area contributed by atoms with Gasteiger partial charge in [-0.05, 0) is 18.1 Å². The lowest BCUT2D eigenvalue weighted by Crippen LogP contribution is -2.44. The minimum absolute atomic E-state index is 0.0246. The Labute approximate surface area is 152 Å². The van der Waals surface area contributed by atoms with Crippen molar-refractivity contribution in [2.45, 2.75) is 31.6 Å². The zero-order valence-corrected chi connectivity index (χ0v) is 14.8. The quantitative estimate of drug-likeness (QED) is 0.818. The molecule has 2 fully saturated rings. The summed E-state index contributed by atoms with van der Waals surface area (Å²) in [5, 5.41) is 3.56. The predicted molar refractivity (Wildman–Crippen MR) is 93.9 cm³/mol. The minimum atomic E-state index is -0.669. The molecule has 2 bridgehead atoms. The van der Waals surface area contributed by atoms with Gasteiger partial charge in [0.05, 0.1) is 24.5 Å². The number of hydrogen-bond donors (Lipinski definition) is 1. The molecule has 1 aromatic rings. The number of nitrogens with zero attached hydrogens (tertiary/aromatic N) is 1. The van der Waals surface area contributed by atoms with Crippen LogP contribution in [0.3, 0.4) is 0 Å². The normalized spacial score (nSPS) is 32.3. The van der Waals surface area contributed by atoms with Gasteiger partial charge in [0.1, 0.15) is 5.60 Å². The summed E-state index contributed by atoms with van der Waals surface area (Å²) in [6.07, 6.45) is 4.46. The summed E-state index contributed by atoms with van der Waals surface area (Å²) in [5.41, 5.74) is 0.233. The van der Waals surface area contributed by atoms with Crippen LogP contribution in [0.2, 0.25) is 5.02 Å². The van der Waals surface area contributed by atoms with Crippen molar-refractivity contribution in [3.8, 4) is 0 Å². The second kappa shape index (κ2) is 6.15. The molecule has 1 aromatic carbocycles. The Kier molecular flexibility index (Phi) is 4.08. The van der Waals surface area contributed by atoms with E-state index in [-0.39, 0.29) is 17.9 Å². The van der Waals surface area contributed by atoms with Crippen molar-refractivity contribution >= 4 is 23.4 Å². The highest BCUT2D eigenvalue weighted by molar-refractivity contribution is 6.31. The average Bonchev–Trinajstić information content (AvgIpc) is 3.23. The molecule has 4 atom stereocenters. The molecular weight excluding hydrogens is 340 g/mol. The minimum Gasteiger partial charge on any atom is -0.360 e. The van der Waals surface area contributed by atoms with Gasteiger partial charge in [0.25, 0.3) is 0 Å². The Morgan fingerprint density at radius 1 is 1.44 bits per heavy atom. The fourth-order valence-electron chi connectivity index (χ4n) is 4.21. The molecule has 0 radical (unpaired) electrons. The fourth-order valence-corrected chi connectivity index (χ4v) is 4.41. The lowest BCUT2D eigenvalue weighted by molar-refractivity contribution is -0.137. The van der Waals surface area contributed by atoms with Crippen LogP contribution in [0.4, 0.5) is 0 Å². The second-order valence-electron chi connectivity index (χ2n) is 6.98. The van der Waals surface area contributed by atoms with Crippen molar-refractivity contribution in [2.75, 3.05) is 13.1 Å². The highest BCUT2D eigenvalue weighted by Gasteiger charge is 2.66. The van der Waals surface area contributed by atoms with Gasteiger partial charge in [-0.15, -0.1) is 0 Å². The summed E-state index contributed by atoms with van der Waals surface area (Å²) < 4.78 is 6.10. The predicted octanol–water partition coefficient (Wildman–Crippen LogP) is 2.15. The summed E-state index contributed by atoms with van der Waals surface area (Å²) in [4.78, 5) is 27.4. The first kappa shape index (κ1) is 16.6. The van der Waals surface area contributed by atoms with E-state index < -0.39 is 17.4 Å². The molecule has 132 valence electrons. The van der Waals surface area contributed by atoms with E-state index in [4.69, 9.17) is 16.3 Å². The molecule has 2 amide bonds. The van der Waals surface area contributed by atoms with Crippen molar-refractivity contribution in [1.82, 2.24) is 10.2 Å². The molecule has 1 N–H and O–H groups in total. The molecule has 25 heavy (non-hydrogen) atoms. The lowest BCUT2D eigenvalue weighted by atomic mass is 9.77. The Morgan fingerprint density at radius 2 is 2.24 bits per heavy atom. The maximum Gasteiger partial charge on any atom is 0.230 e. The molecule has 2 saturated heterocycles. The number of likely N-dealkylation sites (tertiary alicyclic amines) is 1. The van der Waals surface area contributed by atoms with E-state index in [2.05, 4.69) is 5.32 Å². The maximum absolute atomic E-state index is 13.1. The summed E-state index contributed by atoms with van der Waals surface area (Å²) in [5.74, 6) is -0.999. The monoisotopic (exact) mass is 360 g/mol. The van der Waals surface area contributed by atoms with Crippen molar-refractivity contribution in [3.05, 3.63) is 47.0 Å². The molecule has 0 saturated carbocycles. The SMILES string of the molecule is CCCNC(=O)C1[C@H]2C=CC3(CN(Cc4ccccc4Cl)C(=O)[C@@H]13)O2. The number of carbonyl (C=O) groups is 2. The van der Waals surface area contributed by atoms with Crippen LogP contribution in [-0.4, -0.2) is 41.5 Å². The standard InChI is InChI=1S/C19H21ClN2O3/c1-2-9-21-17(23)15-14-7-8-19(25-14)11-22(18(24)16(15)19)10-12-5-3-4-6-13(12)20/h3-8,14-16H,2,9-11H2,1H3,(H,21,23)/t14-,15?,16-,19?/m1/s1. The lowest BCUT2D eigenvalue weighted by Gasteiger charge is -2.23. The first-order chi connectivity index (χ1) is 12.1. The van der Waals surface area contributed by atoms with E-state index in [1.54, 1.807) is 4.90 Å². The molecule has 3 aliphatic heterocycles. The smallest absolute Gasteiger partial charge is 0.230 e. The van der Waals surface area contributed by atoms with Gasteiger partial charge in [-0.1, -0.05) is 48.9 Å². The maximum atomic E-state index is 13.1. The van der Waals surface area contributed by atoms with Crippen LogP contribution < -0.4 is 5.32 Å². The molecular formula is C19H21ClN2O3. The van der Waals surface area contributed by atoms with Gasteiger partial charge < -0.3 is 15.0 Å². The number of amides is 2. The van der Waals surface area contributed by atoms with Crippen LogP contribution >= 0.6 is 11.6 Å². The zero-order chi connectivity index (χ0) is 17.6. The van der Waals surface area contributed by atoms with Crippen LogP contribution in [0, 0.1) is 11.8 Å². The Hall–Kier alpha value is -1.85. The largest absolute Gasteiger partial charge is 0.360 e. The van der Waals surface area contributed by atoms with Gasteiger partial charge in [0.2, 0.25) is 11.8 Å². The third kappa shape index (κ3) is 2.57. The van der Waals surface area contributed by atoms with Crippen molar-refractivity contribution in [2.24, 2.45) is 11.8 Å². The fraction of sp³-hybridized carbons (Fsp3) is 0.474. The van der Waals surface area contributed by atoms with E-state index in [1.165, 1.54) is 0 Å². The topological polar surface area (TPSA) is 58.6 Å². The van der Waals surface area contributed by atoms with Gasteiger partial charge >= 0.3 is 0 Å². The van der Waals surface area contributed by atoms with Crippen LogP contribution in [0.1, 0.15) is 18.9 Å². The van der Waals surface area contributed by atoms with Crippen molar-refractivity contribution < 1.29 is 14.3 Å². The first-order valence-electron chi connectivity index (χ1n) is 8.73. The zero-order valence-electron chi connectivity index (χ0n) is 14.1. The van der Waals surface area contributed by atoms with Crippen LogP contribution in [0.25, 0.3) is 0 Å². The van der Waals surface area contributed by atoms with Gasteiger partial charge in [-0.25, -0.2) is 0 Å². The van der Waals surface area contributed by atoms with Gasteiger partial charge in [-0.2, -0.15) is 0 Å². The number of ether oxygens (including phenoxy) is 1. The second-order valence-corrected chi connectivity index (χ2v) is 7.38. The third-order valence-electron chi connectivity index (χ3n) is 5.35. The van der Waals surface area contributed by atoms with E-state index in [0.29, 0.717) is 24.7 Å². The summed E-state index contributed by atoms with van der Waals surface area (Å²) in [6, 6.07) is 7.51. The number of benzene rings is 1. The summed E-state index contributed by atoms with van der Waals surface area (Å²) in [6.45, 7) is 3.52.